The van der Waals surface area contributed by atoms with Crippen molar-refractivity contribution in [1.82, 2.24) is 0 Å². The van der Waals surface area contributed by atoms with E-state index in [0.717, 1.165) is 24.3 Å². The molecule has 0 aromatic heterocycles. The second-order valence-electron chi connectivity index (χ2n) is 10.6. The number of hydrogen-bond acceptors (Lipinski definition) is 22. The Bertz CT molecular complexity index is 2700. The van der Waals surface area contributed by atoms with Crippen molar-refractivity contribution in [3.05, 3.63) is 118 Å². The molecule has 0 radical (unpaired) electrons. The molecule has 0 fully saturated rings. The van der Waals surface area contributed by atoms with Gasteiger partial charge in [0, 0.05) is 12.1 Å². The predicted molar refractivity (Wildman–Crippen MR) is 176 cm³/mol. The molecular formula is C28H13FeN9Na2O16S2. The molecule has 2 aliphatic rings. The Labute approximate surface area is 377 Å². The van der Waals surface area contributed by atoms with Gasteiger partial charge in [0.2, 0.25) is 17.3 Å². The summed E-state index contributed by atoms with van der Waals surface area (Å²) in [4.78, 5) is 54.1. The molecule has 0 bridgehead atoms. The van der Waals surface area contributed by atoms with E-state index in [1.807, 2.05) is 5.43 Å². The minimum Gasteiger partial charge on any atom is -0.871 e. The number of hydrazone groups is 2. The summed E-state index contributed by atoms with van der Waals surface area (Å²) in [6.45, 7) is 0. The van der Waals surface area contributed by atoms with Crippen molar-refractivity contribution in [2.75, 3.05) is 10.9 Å². The number of ketones is 2. The Morgan fingerprint density at radius 3 is 1.81 bits per heavy atom. The average Bonchev–Trinajstić information content (AvgIpc) is 3.09. The van der Waals surface area contributed by atoms with E-state index in [0.29, 0.717) is 42.5 Å². The first-order valence-corrected chi connectivity index (χ1v) is 17.0. The summed E-state index contributed by atoms with van der Waals surface area (Å²) < 4.78 is 72.5. The van der Waals surface area contributed by atoms with Gasteiger partial charge in [0.05, 0.1) is 65.0 Å². The van der Waals surface area contributed by atoms with Crippen LogP contribution in [0.3, 0.4) is 0 Å². The van der Waals surface area contributed by atoms with E-state index < -0.39 is 119 Å². The molecule has 2 N–H and O–H groups in total. The summed E-state index contributed by atoms with van der Waals surface area (Å²) in [5, 5.41) is 72.9. The third-order valence-corrected chi connectivity index (χ3v) is 8.74. The molecule has 2 aliphatic carbocycles. The predicted octanol–water partition coefficient (Wildman–Crippen LogP) is -4.71. The largest absolute Gasteiger partial charge is 2.00 e. The number of rotatable bonds is 11. The van der Waals surface area contributed by atoms with Crippen LogP contribution >= 0.6 is 0 Å². The van der Waals surface area contributed by atoms with Gasteiger partial charge in [0.15, 0.2) is 0 Å². The molecule has 0 spiro atoms. The van der Waals surface area contributed by atoms with Gasteiger partial charge in [-0.25, -0.2) is 16.8 Å². The van der Waals surface area contributed by atoms with Gasteiger partial charge in [0.1, 0.15) is 25.9 Å². The van der Waals surface area contributed by atoms with E-state index in [2.05, 4.69) is 25.9 Å². The number of fused-ring (bicyclic) bond motifs is 1. The Morgan fingerprint density at radius 2 is 1.26 bits per heavy atom. The first-order valence-electron chi connectivity index (χ1n) is 14.1. The molecule has 25 nitrogen and oxygen atoms in total. The fourth-order valence-electron chi connectivity index (χ4n) is 4.60. The van der Waals surface area contributed by atoms with Crippen molar-refractivity contribution in [1.29, 1.82) is 0 Å². The van der Waals surface area contributed by atoms with Gasteiger partial charge in [-0.15, -0.1) is 5.11 Å². The molecule has 5 rings (SSSR count). The van der Waals surface area contributed by atoms with E-state index >= 15 is 0 Å². The van der Waals surface area contributed by atoms with E-state index in [9.17, 15) is 76.1 Å². The third-order valence-electron chi connectivity index (χ3n) is 7.08. The zero-order valence-corrected chi connectivity index (χ0v) is 35.4. The molecule has 288 valence electrons. The Morgan fingerprint density at radius 1 is 0.655 bits per heavy atom. The molecule has 0 aliphatic heterocycles. The minimum atomic E-state index is -5.57. The van der Waals surface area contributed by atoms with Gasteiger partial charge in [-0.05, 0) is 42.0 Å². The van der Waals surface area contributed by atoms with Crippen LogP contribution in [0, 0.1) is 30.3 Å². The number of nitro benzene ring substituents is 1. The number of non-ortho nitro benzene ring substituents is 1. The zero-order chi connectivity index (χ0) is 40.6. The summed E-state index contributed by atoms with van der Waals surface area (Å²) in [7, 11) is -11.0. The van der Waals surface area contributed by atoms with Gasteiger partial charge in [-0.3, -0.25) is 50.8 Å². The molecule has 58 heavy (non-hydrogen) atoms. The van der Waals surface area contributed by atoms with Gasteiger partial charge in [-0.2, -0.15) is 15.3 Å². The van der Waals surface area contributed by atoms with Crippen molar-refractivity contribution in [3.63, 3.8) is 0 Å². The van der Waals surface area contributed by atoms with Crippen molar-refractivity contribution in [2.45, 2.75) is 4.90 Å². The Kier molecular flexibility index (Phi) is 16.2. The number of carbonyl (C=O) groups is 2. The van der Waals surface area contributed by atoms with Crippen LogP contribution in [-0.2, 0) is 42.1 Å². The maximum atomic E-state index is 13.7. The Hall–Kier alpha value is -5.10. The standard InChI is InChI=1S/C28H17N9O16S2.Fe.2Na/c38-21-11-22(39)18(31-33-26-20(37(46)47)7-15(36(44)45)8-23(26)40)10-17(21)30-32-19-9-16(54(48,49)50)5-12-6-24(55(51,52)53)27(28(41)25(12)19)34-29-13-1-3-14(4-2-13)35(42)43;;;/h1-11,29,31,38-39H,(H,48,49,50)(H,51,52,53);;;/q;+2;2*+1/p-4/b32-30?,33-26+,34-27-;;;. The number of nitrogens with one attached hydrogen (secondary N) is 2. The fraction of sp³-hybridized carbons (Fsp3) is 0. The molecule has 0 saturated carbocycles. The maximum absolute atomic E-state index is 13.7. The van der Waals surface area contributed by atoms with Gasteiger partial charge in [0.25, 0.3) is 11.4 Å². The molecule has 3 aromatic carbocycles. The molecule has 0 atom stereocenters. The fourth-order valence-corrected chi connectivity index (χ4v) is 5.77. The summed E-state index contributed by atoms with van der Waals surface area (Å²) in [5.74, 6) is -5.03. The smallest absolute Gasteiger partial charge is 0.871 e. The number of azo groups is 1. The minimum absolute atomic E-state index is 0. The molecular weight excluding hydrogens is 884 g/mol. The normalized spacial score (nSPS) is 15.2. The number of hydrogen-bond donors (Lipinski definition) is 2. The maximum Gasteiger partial charge on any atom is 2.00 e. The van der Waals surface area contributed by atoms with Crippen molar-refractivity contribution < 1.29 is 137 Å². The number of nitrogens with zero attached hydrogens (tertiary/aromatic N) is 7. The van der Waals surface area contributed by atoms with Crippen LogP contribution in [0.25, 0.3) is 6.08 Å². The molecule has 0 saturated heterocycles. The Balaban J connectivity index is 0.00000387. The van der Waals surface area contributed by atoms with Crippen molar-refractivity contribution >= 4 is 77.7 Å². The quantitative estimate of drug-likeness (QED) is 0.0456. The van der Waals surface area contributed by atoms with Gasteiger partial charge in [-0.1, -0.05) is 17.6 Å². The number of anilines is 2. The van der Waals surface area contributed by atoms with E-state index in [1.54, 1.807) is 0 Å². The summed E-state index contributed by atoms with van der Waals surface area (Å²) in [6, 6.07) is 6.34. The second-order valence-corrected chi connectivity index (χ2v) is 13.3. The van der Waals surface area contributed by atoms with E-state index in [-0.39, 0.29) is 87.6 Å². The first kappa shape index (κ1) is 49.0. The van der Waals surface area contributed by atoms with Crippen LogP contribution in [0.4, 0.5) is 28.4 Å². The van der Waals surface area contributed by atoms with Crippen LogP contribution in [0.2, 0.25) is 0 Å². The first-order chi connectivity index (χ1) is 25.6. The summed E-state index contributed by atoms with van der Waals surface area (Å²) >= 11 is 0. The van der Waals surface area contributed by atoms with Crippen LogP contribution in [0.15, 0.2) is 102 Å². The van der Waals surface area contributed by atoms with Crippen molar-refractivity contribution in [3.8, 4) is 11.5 Å². The van der Waals surface area contributed by atoms with E-state index in [1.165, 1.54) is 0 Å². The average molecular weight is 897 g/mol. The number of Topliss-reactive ketones (excluding diaryl/α,β-unsaturated/α-hetero) is 1. The van der Waals surface area contributed by atoms with E-state index in [4.69, 9.17) is 0 Å². The number of carbonyl (C=O) groups excluding carboxylic acids is 2. The topological polar surface area (TPSA) is 398 Å². The number of nitro groups is 3. The third kappa shape index (κ3) is 10.9. The molecule has 0 amide bonds. The number of allylic oxidation sites excluding steroid dienone is 4. The summed E-state index contributed by atoms with van der Waals surface area (Å²) in [5.41, 5.74) is -3.94. The SMILES string of the molecule is O=C1C=C([N+](=O)[O-])C=C([N+](=O)[O-])/C1=N\Nc1cc(N=Nc2cc(S(=O)(=O)[O-])cc3c2C(=O)/C(=N\Nc2ccc([N+](=O)[O-])cc2)C(S(=O)(=O)[O-])=C3)c([O-])cc1[O-].[Fe+2].[Na+].[Na+]. The van der Waals surface area contributed by atoms with Crippen LogP contribution in [0.5, 0.6) is 11.5 Å². The van der Waals surface area contributed by atoms with Gasteiger partial charge >= 0.3 is 81.9 Å². The number of benzene rings is 3. The van der Waals surface area contributed by atoms with Crippen molar-refractivity contribution in [2.24, 2.45) is 20.4 Å². The monoisotopic (exact) mass is 897 g/mol. The van der Waals surface area contributed by atoms with Crippen LogP contribution < -0.4 is 80.2 Å². The van der Waals surface area contributed by atoms with Crippen LogP contribution in [-0.4, -0.2) is 63.7 Å². The molecule has 0 unspecified atom stereocenters. The summed E-state index contributed by atoms with van der Waals surface area (Å²) in [6.07, 6.45) is 1.33. The van der Waals surface area contributed by atoms with Crippen LogP contribution in [0.1, 0.15) is 15.9 Å². The second kappa shape index (κ2) is 19.1. The zero-order valence-electron chi connectivity index (χ0n) is 28.7. The molecule has 0 heterocycles. The molecule has 30 heteroatoms. The van der Waals surface area contributed by atoms with Gasteiger partial charge < -0.3 is 19.3 Å². The molecule has 3 aromatic rings.